The molecule has 0 saturated carbocycles. The van der Waals surface area contributed by atoms with Gasteiger partial charge in [0.05, 0.1) is 17.2 Å². The molecule has 0 unspecified atom stereocenters. The van der Waals surface area contributed by atoms with E-state index < -0.39 is 0 Å². The molecule has 0 spiro atoms. The number of hydrogen-bond acceptors (Lipinski definition) is 3. The van der Waals surface area contributed by atoms with Gasteiger partial charge in [0, 0.05) is 11.9 Å². The summed E-state index contributed by atoms with van der Waals surface area (Å²) in [5.74, 6) is 0.532. The molecule has 0 aliphatic carbocycles. The molecule has 0 fully saturated rings. The Morgan fingerprint density at radius 3 is 2.70 bits per heavy atom. The third-order valence-electron chi connectivity index (χ3n) is 3.15. The van der Waals surface area contributed by atoms with Crippen LogP contribution in [0.3, 0.4) is 0 Å². The summed E-state index contributed by atoms with van der Waals surface area (Å²) in [5, 5.41) is 6.39. The van der Waals surface area contributed by atoms with Crippen molar-refractivity contribution in [1.29, 1.82) is 0 Å². The molecular weight excluding hydrogens is 268 g/mol. The van der Waals surface area contributed by atoms with Crippen molar-refractivity contribution < 1.29 is 0 Å². The fraction of sp³-hybridized carbons (Fsp3) is 0.733. The Labute approximate surface area is 126 Å². The van der Waals surface area contributed by atoms with Crippen LogP contribution in [-0.2, 0) is 13.0 Å². The highest BCUT2D eigenvalue weighted by Gasteiger charge is 1.99. The molecule has 1 aromatic heterocycles. The Morgan fingerprint density at radius 1 is 1.25 bits per heavy atom. The highest BCUT2D eigenvalue weighted by molar-refractivity contribution is 7.09. The fourth-order valence-corrected chi connectivity index (χ4v) is 2.66. The van der Waals surface area contributed by atoms with Gasteiger partial charge in [-0.05, 0) is 12.8 Å². The van der Waals surface area contributed by atoms with E-state index >= 15 is 0 Å². The van der Waals surface area contributed by atoms with E-state index in [-0.39, 0.29) is 0 Å². The number of nitrogens with zero attached hydrogens (tertiary/aromatic N) is 2. The standard InChI is InChI=1S/C15H28N4S/c1-3-5-6-7-8-9-10-17-15(16)18-11-13-12-20-14(4-2)19-13/h12H,3-11H2,1-2H3,(H3,16,17,18). The van der Waals surface area contributed by atoms with E-state index in [9.17, 15) is 0 Å². The van der Waals surface area contributed by atoms with Crippen molar-refractivity contribution in [2.75, 3.05) is 6.54 Å². The van der Waals surface area contributed by atoms with Crippen molar-refractivity contribution >= 4 is 17.3 Å². The summed E-state index contributed by atoms with van der Waals surface area (Å²) in [7, 11) is 0. The molecule has 0 aromatic carbocycles. The summed E-state index contributed by atoms with van der Waals surface area (Å²) in [6, 6.07) is 0. The number of guanidine groups is 1. The van der Waals surface area contributed by atoms with Crippen LogP contribution >= 0.6 is 11.3 Å². The average molecular weight is 296 g/mol. The van der Waals surface area contributed by atoms with Crippen LogP contribution in [0.4, 0.5) is 0 Å². The van der Waals surface area contributed by atoms with Crippen molar-refractivity contribution in [3.63, 3.8) is 0 Å². The molecule has 1 aromatic rings. The van der Waals surface area contributed by atoms with Crippen LogP contribution < -0.4 is 11.1 Å². The summed E-state index contributed by atoms with van der Waals surface area (Å²) in [6.07, 6.45) is 8.75. The zero-order valence-corrected chi connectivity index (χ0v) is 13.6. The van der Waals surface area contributed by atoms with Crippen molar-refractivity contribution in [1.82, 2.24) is 10.3 Å². The zero-order chi connectivity index (χ0) is 14.6. The summed E-state index contributed by atoms with van der Waals surface area (Å²) < 4.78 is 0. The number of aliphatic imine (C=N–C) groups is 1. The monoisotopic (exact) mass is 296 g/mol. The second kappa shape index (κ2) is 10.7. The molecule has 20 heavy (non-hydrogen) atoms. The molecule has 0 aliphatic rings. The topological polar surface area (TPSA) is 63.3 Å². The van der Waals surface area contributed by atoms with Crippen LogP contribution in [0, 0.1) is 0 Å². The summed E-state index contributed by atoms with van der Waals surface area (Å²) in [4.78, 5) is 8.78. The van der Waals surface area contributed by atoms with Crippen LogP contribution in [0.1, 0.15) is 63.1 Å². The zero-order valence-electron chi connectivity index (χ0n) is 12.8. The van der Waals surface area contributed by atoms with E-state index in [1.54, 1.807) is 11.3 Å². The molecule has 1 rings (SSSR count). The van der Waals surface area contributed by atoms with Crippen molar-refractivity contribution in [3.05, 3.63) is 16.1 Å². The van der Waals surface area contributed by atoms with Gasteiger partial charge < -0.3 is 11.1 Å². The largest absolute Gasteiger partial charge is 0.370 e. The lowest BCUT2D eigenvalue weighted by Crippen LogP contribution is -2.32. The summed E-state index contributed by atoms with van der Waals surface area (Å²) >= 11 is 1.69. The highest BCUT2D eigenvalue weighted by atomic mass is 32.1. The fourth-order valence-electron chi connectivity index (χ4n) is 1.93. The SMILES string of the molecule is CCCCCCCCNC(N)=NCc1csc(CC)n1. The first-order chi connectivity index (χ1) is 9.76. The number of unbranched alkanes of at least 4 members (excludes halogenated alkanes) is 5. The molecule has 0 radical (unpaired) electrons. The lowest BCUT2D eigenvalue weighted by atomic mass is 10.1. The van der Waals surface area contributed by atoms with Gasteiger partial charge in [0.15, 0.2) is 5.96 Å². The van der Waals surface area contributed by atoms with Gasteiger partial charge in [0.1, 0.15) is 0 Å². The Kier molecular flexibility index (Phi) is 9.04. The van der Waals surface area contributed by atoms with E-state index in [0.29, 0.717) is 12.5 Å². The Hall–Kier alpha value is -1.10. The third-order valence-corrected chi connectivity index (χ3v) is 4.19. The number of thiazole rings is 1. The van der Waals surface area contributed by atoms with Crippen LogP contribution in [0.5, 0.6) is 0 Å². The minimum absolute atomic E-state index is 0.532. The number of hydrogen-bond donors (Lipinski definition) is 2. The molecule has 0 saturated heterocycles. The summed E-state index contributed by atoms with van der Waals surface area (Å²) in [6.45, 7) is 5.84. The van der Waals surface area contributed by atoms with Crippen molar-refractivity contribution in [3.8, 4) is 0 Å². The van der Waals surface area contributed by atoms with Gasteiger partial charge in [0.25, 0.3) is 0 Å². The Balaban J connectivity index is 2.09. The van der Waals surface area contributed by atoms with Gasteiger partial charge in [0.2, 0.25) is 0 Å². The van der Waals surface area contributed by atoms with Crippen LogP contribution in [0.25, 0.3) is 0 Å². The average Bonchev–Trinajstić information content (AvgIpc) is 2.92. The molecule has 1 heterocycles. The van der Waals surface area contributed by atoms with Gasteiger partial charge in [-0.2, -0.15) is 0 Å². The lowest BCUT2D eigenvalue weighted by Gasteiger charge is -2.05. The molecule has 4 nitrogen and oxygen atoms in total. The second-order valence-corrected chi connectivity index (χ2v) is 5.92. The molecule has 0 bridgehead atoms. The molecule has 0 amide bonds. The van der Waals surface area contributed by atoms with Gasteiger partial charge in [-0.3, -0.25) is 0 Å². The predicted molar refractivity (Wildman–Crippen MR) is 88.2 cm³/mol. The smallest absolute Gasteiger partial charge is 0.188 e. The van der Waals surface area contributed by atoms with Crippen LogP contribution in [-0.4, -0.2) is 17.5 Å². The van der Waals surface area contributed by atoms with Crippen molar-refractivity contribution in [2.24, 2.45) is 10.7 Å². The Morgan fingerprint density at radius 2 is 2.00 bits per heavy atom. The quantitative estimate of drug-likeness (QED) is 0.395. The van der Waals surface area contributed by atoms with Crippen molar-refractivity contribution in [2.45, 2.75) is 65.3 Å². The molecule has 5 heteroatoms. The van der Waals surface area contributed by atoms with Gasteiger partial charge in [-0.25, -0.2) is 9.98 Å². The molecule has 3 N–H and O–H groups in total. The third kappa shape index (κ3) is 7.48. The van der Waals surface area contributed by atoms with E-state index in [1.807, 2.05) is 0 Å². The van der Waals surface area contributed by atoms with Gasteiger partial charge >= 0.3 is 0 Å². The van der Waals surface area contributed by atoms with E-state index in [0.717, 1.165) is 30.1 Å². The van der Waals surface area contributed by atoms with Crippen LogP contribution in [0.2, 0.25) is 0 Å². The van der Waals surface area contributed by atoms with E-state index in [1.165, 1.54) is 32.1 Å². The minimum Gasteiger partial charge on any atom is -0.370 e. The normalized spacial score (nSPS) is 11.8. The van der Waals surface area contributed by atoms with E-state index in [2.05, 4.69) is 34.5 Å². The number of nitrogens with one attached hydrogen (secondary N) is 1. The number of rotatable bonds is 10. The maximum atomic E-state index is 5.84. The first kappa shape index (κ1) is 17.0. The predicted octanol–water partition coefficient (Wildman–Crippen LogP) is 3.47. The van der Waals surface area contributed by atoms with Gasteiger partial charge in [-0.1, -0.05) is 46.0 Å². The number of aromatic nitrogens is 1. The van der Waals surface area contributed by atoms with E-state index in [4.69, 9.17) is 5.73 Å². The molecular formula is C15H28N4S. The van der Waals surface area contributed by atoms with Gasteiger partial charge in [-0.15, -0.1) is 11.3 Å². The summed E-state index contributed by atoms with van der Waals surface area (Å²) in [5.41, 5.74) is 6.85. The highest BCUT2D eigenvalue weighted by Crippen LogP contribution is 2.10. The minimum atomic E-state index is 0.532. The maximum Gasteiger partial charge on any atom is 0.188 e. The first-order valence-corrected chi connectivity index (χ1v) is 8.61. The molecule has 0 aliphatic heterocycles. The Bertz CT molecular complexity index is 387. The number of aryl methyl sites for hydroxylation is 1. The second-order valence-electron chi connectivity index (χ2n) is 4.98. The maximum absolute atomic E-state index is 5.84. The lowest BCUT2D eigenvalue weighted by molar-refractivity contribution is 0.601. The first-order valence-electron chi connectivity index (χ1n) is 7.73. The molecule has 114 valence electrons. The number of nitrogens with two attached hydrogens (primary N) is 1. The van der Waals surface area contributed by atoms with Crippen LogP contribution in [0.15, 0.2) is 10.4 Å². The molecule has 0 atom stereocenters.